The van der Waals surface area contributed by atoms with E-state index in [1.807, 2.05) is 12.1 Å². The van der Waals surface area contributed by atoms with Gasteiger partial charge in [0.25, 0.3) is 0 Å². The van der Waals surface area contributed by atoms with Gasteiger partial charge in [-0.2, -0.15) is 0 Å². The summed E-state index contributed by atoms with van der Waals surface area (Å²) in [5.41, 5.74) is 5.85. The van der Waals surface area contributed by atoms with Gasteiger partial charge < -0.3 is 4.42 Å². The van der Waals surface area contributed by atoms with Crippen molar-refractivity contribution in [2.45, 2.75) is 0 Å². The van der Waals surface area contributed by atoms with Crippen molar-refractivity contribution in [2.75, 3.05) is 0 Å². The molecule has 0 aliphatic carbocycles. The van der Waals surface area contributed by atoms with Crippen LogP contribution < -0.4 is 0 Å². The van der Waals surface area contributed by atoms with Crippen LogP contribution in [0.25, 0.3) is 114 Å². The molecule has 0 radical (unpaired) electrons. The van der Waals surface area contributed by atoms with Crippen LogP contribution in [-0.4, -0.2) is 14.5 Å². The standard InChI is InChI=1S/C46H25N3OS/c1-3-13-28-26(11-1)21-23-35-41(28)42-29-14-4-2-12-27(29)22-24-36(42)49(35)46-47-44(43-33-18-8-10-20-39(33)51-45(43)48-46)34-25-38-40(31-16-6-5-15-30(31)34)32-17-7-9-19-37(32)50-38/h1-25H. The summed E-state index contributed by atoms with van der Waals surface area (Å²) in [6, 6.07) is 54.0. The van der Waals surface area contributed by atoms with Crippen molar-refractivity contribution < 1.29 is 4.42 Å². The Hall–Kier alpha value is -6.56. The third-order valence-electron chi connectivity index (χ3n) is 10.6. The number of aromatic nitrogens is 3. The average Bonchev–Trinajstić information content (AvgIpc) is 3.87. The summed E-state index contributed by atoms with van der Waals surface area (Å²) in [5.74, 6) is 0.656. The summed E-state index contributed by atoms with van der Waals surface area (Å²) < 4.78 is 10.0. The number of furan rings is 1. The molecule has 5 heteroatoms. The second-order valence-electron chi connectivity index (χ2n) is 13.3. The Kier molecular flexibility index (Phi) is 5.35. The van der Waals surface area contributed by atoms with Crippen molar-refractivity contribution in [1.82, 2.24) is 14.5 Å². The minimum absolute atomic E-state index is 0.656. The van der Waals surface area contributed by atoms with Crippen LogP contribution in [0, 0.1) is 0 Å². The van der Waals surface area contributed by atoms with Gasteiger partial charge in [-0.25, -0.2) is 9.97 Å². The summed E-state index contributed by atoms with van der Waals surface area (Å²) in [7, 11) is 0. The zero-order valence-electron chi connectivity index (χ0n) is 27.1. The highest BCUT2D eigenvalue weighted by atomic mass is 32.1. The van der Waals surface area contributed by atoms with E-state index in [4.69, 9.17) is 14.4 Å². The molecule has 51 heavy (non-hydrogen) atoms. The van der Waals surface area contributed by atoms with Gasteiger partial charge in [0.1, 0.15) is 16.0 Å². The summed E-state index contributed by atoms with van der Waals surface area (Å²) in [6.45, 7) is 0. The highest BCUT2D eigenvalue weighted by Gasteiger charge is 2.24. The van der Waals surface area contributed by atoms with Crippen LogP contribution in [0.1, 0.15) is 0 Å². The Bertz CT molecular complexity index is 3350. The van der Waals surface area contributed by atoms with Gasteiger partial charge in [0.2, 0.25) is 5.95 Å². The fourth-order valence-corrected chi connectivity index (χ4v) is 9.53. The maximum absolute atomic E-state index is 6.56. The van der Waals surface area contributed by atoms with E-state index in [1.54, 1.807) is 11.3 Å². The zero-order chi connectivity index (χ0) is 33.2. The molecule has 0 spiro atoms. The second kappa shape index (κ2) is 10.0. The molecule has 0 saturated carbocycles. The van der Waals surface area contributed by atoms with E-state index in [-0.39, 0.29) is 0 Å². The number of benzene rings is 8. The van der Waals surface area contributed by atoms with Gasteiger partial charge in [0.05, 0.1) is 16.7 Å². The third kappa shape index (κ3) is 3.68. The molecule has 0 aliphatic heterocycles. The van der Waals surface area contributed by atoms with E-state index in [9.17, 15) is 0 Å². The molecule has 0 atom stereocenters. The van der Waals surface area contributed by atoms with Crippen LogP contribution in [0.5, 0.6) is 0 Å². The summed E-state index contributed by atoms with van der Waals surface area (Å²) in [5, 5.41) is 14.1. The lowest BCUT2D eigenvalue weighted by molar-refractivity contribution is 0.669. The summed E-state index contributed by atoms with van der Waals surface area (Å²) >= 11 is 1.72. The first-order chi connectivity index (χ1) is 25.3. The zero-order valence-corrected chi connectivity index (χ0v) is 27.9. The molecule has 12 rings (SSSR count). The lowest BCUT2D eigenvalue weighted by atomic mass is 9.96. The van der Waals surface area contributed by atoms with Crippen LogP contribution in [0.3, 0.4) is 0 Å². The molecule has 0 bridgehead atoms. The quantitative estimate of drug-likeness (QED) is 0.184. The minimum atomic E-state index is 0.656. The van der Waals surface area contributed by atoms with Gasteiger partial charge in [-0.3, -0.25) is 4.57 Å². The first-order valence-electron chi connectivity index (χ1n) is 17.2. The van der Waals surface area contributed by atoms with Crippen LogP contribution in [-0.2, 0) is 0 Å². The summed E-state index contributed by atoms with van der Waals surface area (Å²) in [4.78, 5) is 12.0. The van der Waals surface area contributed by atoms with Crippen LogP contribution in [0.2, 0.25) is 0 Å². The van der Waals surface area contributed by atoms with Crippen molar-refractivity contribution in [3.63, 3.8) is 0 Å². The molecule has 4 nitrogen and oxygen atoms in total. The number of fused-ring (bicyclic) bond motifs is 15. The second-order valence-corrected chi connectivity index (χ2v) is 14.3. The van der Waals surface area contributed by atoms with Crippen molar-refractivity contribution in [2.24, 2.45) is 0 Å². The highest BCUT2D eigenvalue weighted by molar-refractivity contribution is 7.25. The third-order valence-corrected chi connectivity index (χ3v) is 11.7. The monoisotopic (exact) mass is 667 g/mol. The number of hydrogen-bond acceptors (Lipinski definition) is 4. The molecular weight excluding hydrogens is 643 g/mol. The Morgan fingerprint density at radius 3 is 1.76 bits per heavy atom. The van der Waals surface area contributed by atoms with Crippen LogP contribution >= 0.6 is 11.3 Å². The first kappa shape index (κ1) is 27.3. The largest absolute Gasteiger partial charge is 0.456 e. The van der Waals surface area contributed by atoms with Crippen LogP contribution in [0.15, 0.2) is 156 Å². The van der Waals surface area contributed by atoms with E-state index in [0.717, 1.165) is 70.6 Å². The van der Waals surface area contributed by atoms with Gasteiger partial charge in [-0.15, -0.1) is 11.3 Å². The Morgan fingerprint density at radius 2 is 1.04 bits per heavy atom. The molecule has 0 aliphatic rings. The average molecular weight is 668 g/mol. The van der Waals surface area contributed by atoms with Crippen molar-refractivity contribution >= 4 is 108 Å². The topological polar surface area (TPSA) is 43.9 Å². The molecule has 0 saturated heterocycles. The van der Waals surface area contributed by atoms with Gasteiger partial charge in [-0.1, -0.05) is 121 Å². The number of nitrogens with zero attached hydrogens (tertiary/aromatic N) is 3. The Morgan fingerprint density at radius 1 is 0.451 bits per heavy atom. The van der Waals surface area contributed by atoms with E-state index in [2.05, 4.69) is 144 Å². The van der Waals surface area contributed by atoms with E-state index < -0.39 is 0 Å². The van der Waals surface area contributed by atoms with E-state index >= 15 is 0 Å². The van der Waals surface area contributed by atoms with Crippen molar-refractivity contribution in [3.8, 4) is 17.2 Å². The maximum Gasteiger partial charge on any atom is 0.236 e. The smallest absolute Gasteiger partial charge is 0.236 e. The maximum atomic E-state index is 6.56. The highest BCUT2D eigenvalue weighted by Crippen LogP contribution is 2.46. The molecule has 236 valence electrons. The molecule has 0 unspecified atom stereocenters. The molecule has 0 fully saturated rings. The lowest BCUT2D eigenvalue weighted by Crippen LogP contribution is -2.03. The summed E-state index contributed by atoms with van der Waals surface area (Å²) in [6.07, 6.45) is 0. The lowest BCUT2D eigenvalue weighted by Gasteiger charge is -2.13. The normalized spacial score (nSPS) is 12.3. The Labute approximate surface area is 294 Å². The molecule has 4 aromatic heterocycles. The number of para-hydroxylation sites is 1. The number of thiophene rings is 1. The molecular formula is C46H25N3OS. The Balaban J connectivity index is 1.27. The molecule has 4 heterocycles. The predicted octanol–water partition coefficient (Wildman–Crippen LogP) is 13.0. The van der Waals surface area contributed by atoms with Gasteiger partial charge in [0, 0.05) is 42.6 Å². The fourth-order valence-electron chi connectivity index (χ4n) is 8.45. The van der Waals surface area contributed by atoms with Gasteiger partial charge >= 0.3 is 0 Å². The number of hydrogen-bond donors (Lipinski definition) is 0. The molecule has 0 amide bonds. The van der Waals surface area contributed by atoms with Crippen molar-refractivity contribution in [1.29, 1.82) is 0 Å². The number of rotatable bonds is 2. The molecule has 12 aromatic rings. The van der Waals surface area contributed by atoms with Gasteiger partial charge in [-0.05, 0) is 62.6 Å². The minimum Gasteiger partial charge on any atom is -0.456 e. The first-order valence-corrected chi connectivity index (χ1v) is 18.0. The fraction of sp³-hybridized carbons (Fsp3) is 0. The van der Waals surface area contributed by atoms with E-state index in [0.29, 0.717) is 5.95 Å². The van der Waals surface area contributed by atoms with Crippen molar-refractivity contribution in [3.05, 3.63) is 152 Å². The molecule has 0 N–H and O–H groups in total. The van der Waals surface area contributed by atoms with Gasteiger partial charge in [0.15, 0.2) is 0 Å². The molecule has 8 aromatic carbocycles. The predicted molar refractivity (Wildman–Crippen MR) is 214 cm³/mol. The van der Waals surface area contributed by atoms with Crippen LogP contribution in [0.4, 0.5) is 0 Å². The SMILES string of the molecule is c1ccc2c(c1)ccc1c2c2c3ccccc3ccc2n1-c1nc(-c2cc3oc4ccccc4c3c3ccccc23)c2c(n1)sc1ccccc12. The van der Waals surface area contributed by atoms with E-state index in [1.165, 1.54) is 37.0 Å².